The van der Waals surface area contributed by atoms with Gasteiger partial charge >= 0.3 is 0 Å². The molecule has 0 unspecified atom stereocenters. The van der Waals surface area contributed by atoms with Crippen molar-refractivity contribution in [2.24, 2.45) is 5.73 Å². The van der Waals surface area contributed by atoms with E-state index in [1.807, 2.05) is 4.68 Å². The summed E-state index contributed by atoms with van der Waals surface area (Å²) < 4.78 is 1.88. The van der Waals surface area contributed by atoms with Gasteiger partial charge in [0.25, 0.3) is 5.91 Å². The fraction of sp³-hybridized carbons (Fsp3) is 0.636. The molecule has 0 saturated carbocycles. The first-order valence-electron chi connectivity index (χ1n) is 5.77. The van der Waals surface area contributed by atoms with E-state index in [2.05, 4.69) is 16.9 Å². The van der Waals surface area contributed by atoms with Crippen LogP contribution < -0.4 is 5.73 Å². The van der Waals surface area contributed by atoms with Gasteiger partial charge in [-0.25, -0.2) is 0 Å². The topological polar surface area (TPSA) is 64.2 Å². The highest BCUT2D eigenvalue weighted by molar-refractivity contribution is 5.92. The predicted octanol–water partition coefficient (Wildman–Crippen LogP) is 0.639. The van der Waals surface area contributed by atoms with Crippen molar-refractivity contribution in [1.29, 1.82) is 0 Å². The number of carbonyl (C=O) groups is 1. The van der Waals surface area contributed by atoms with E-state index in [1.54, 1.807) is 12.4 Å². The third-order valence-electron chi connectivity index (χ3n) is 3.26. The second kappa shape index (κ2) is 4.65. The van der Waals surface area contributed by atoms with Gasteiger partial charge in [-0.05, 0) is 19.4 Å². The monoisotopic (exact) mass is 222 g/mol. The molecule has 1 aromatic heterocycles. The van der Waals surface area contributed by atoms with Gasteiger partial charge in [-0.15, -0.1) is 0 Å². The van der Waals surface area contributed by atoms with E-state index < -0.39 is 5.91 Å². The van der Waals surface area contributed by atoms with Crippen molar-refractivity contribution in [2.75, 3.05) is 19.6 Å². The summed E-state index contributed by atoms with van der Waals surface area (Å²) in [5, 5.41) is 4.21. The van der Waals surface area contributed by atoms with Gasteiger partial charge in [0.1, 0.15) is 0 Å². The Labute approximate surface area is 95.2 Å². The van der Waals surface area contributed by atoms with Crippen LogP contribution in [0.1, 0.15) is 36.2 Å². The van der Waals surface area contributed by atoms with E-state index in [4.69, 9.17) is 5.73 Å². The van der Waals surface area contributed by atoms with E-state index in [1.165, 1.54) is 0 Å². The van der Waals surface area contributed by atoms with Crippen LogP contribution >= 0.6 is 0 Å². The molecule has 2 N–H and O–H groups in total. The van der Waals surface area contributed by atoms with Crippen molar-refractivity contribution in [3.05, 3.63) is 18.0 Å². The van der Waals surface area contributed by atoms with Gasteiger partial charge in [-0.2, -0.15) is 5.10 Å². The van der Waals surface area contributed by atoms with Gasteiger partial charge in [0.15, 0.2) is 0 Å². The Morgan fingerprint density at radius 2 is 2.25 bits per heavy atom. The maximum atomic E-state index is 11.0. The number of amides is 1. The van der Waals surface area contributed by atoms with Crippen LogP contribution in [0.4, 0.5) is 0 Å². The number of nitrogens with zero attached hydrogens (tertiary/aromatic N) is 3. The first-order chi connectivity index (χ1) is 7.70. The fourth-order valence-corrected chi connectivity index (χ4v) is 2.17. The SMILES string of the molecule is CCN1CCC(n2cc(C(N)=O)cn2)CC1. The van der Waals surface area contributed by atoms with Crippen molar-refractivity contribution in [1.82, 2.24) is 14.7 Å². The van der Waals surface area contributed by atoms with Crippen LogP contribution in [0.15, 0.2) is 12.4 Å². The molecular weight excluding hydrogens is 204 g/mol. The lowest BCUT2D eigenvalue weighted by Crippen LogP contribution is -2.34. The summed E-state index contributed by atoms with van der Waals surface area (Å²) in [5.41, 5.74) is 5.70. The van der Waals surface area contributed by atoms with Crippen molar-refractivity contribution in [2.45, 2.75) is 25.8 Å². The molecule has 0 atom stereocenters. The Morgan fingerprint density at radius 1 is 1.56 bits per heavy atom. The molecule has 0 aromatic carbocycles. The maximum absolute atomic E-state index is 11.0. The molecule has 2 rings (SSSR count). The van der Waals surface area contributed by atoms with Crippen LogP contribution in [0.3, 0.4) is 0 Å². The standard InChI is InChI=1S/C11H18N4O/c1-2-14-5-3-10(4-6-14)15-8-9(7-13-15)11(12)16/h7-8,10H,2-6H2,1H3,(H2,12,16). The molecule has 1 saturated heterocycles. The van der Waals surface area contributed by atoms with Gasteiger partial charge in [-0.1, -0.05) is 6.92 Å². The quantitative estimate of drug-likeness (QED) is 0.816. The predicted molar refractivity (Wildman–Crippen MR) is 61.1 cm³/mol. The Hall–Kier alpha value is -1.36. The number of hydrogen-bond acceptors (Lipinski definition) is 3. The highest BCUT2D eigenvalue weighted by Crippen LogP contribution is 2.21. The third-order valence-corrected chi connectivity index (χ3v) is 3.26. The number of primary amides is 1. The van der Waals surface area contributed by atoms with Crippen LogP contribution in [0, 0.1) is 0 Å². The number of hydrogen-bond donors (Lipinski definition) is 1. The van der Waals surface area contributed by atoms with Gasteiger partial charge in [-0.3, -0.25) is 9.48 Å². The van der Waals surface area contributed by atoms with Crippen molar-refractivity contribution < 1.29 is 4.79 Å². The first kappa shape index (κ1) is 11.1. The van der Waals surface area contributed by atoms with E-state index >= 15 is 0 Å². The Bertz CT molecular complexity index is 366. The van der Waals surface area contributed by atoms with Crippen LogP contribution in [-0.2, 0) is 0 Å². The first-order valence-corrected chi connectivity index (χ1v) is 5.77. The van der Waals surface area contributed by atoms with Crippen LogP contribution in [0.2, 0.25) is 0 Å². The summed E-state index contributed by atoms with van der Waals surface area (Å²) in [6.45, 7) is 5.50. The molecule has 2 heterocycles. The molecular formula is C11H18N4O. The second-order valence-electron chi connectivity index (χ2n) is 4.24. The Morgan fingerprint density at radius 3 is 2.75 bits per heavy atom. The normalized spacial score (nSPS) is 18.8. The van der Waals surface area contributed by atoms with Gasteiger partial charge < -0.3 is 10.6 Å². The van der Waals surface area contributed by atoms with E-state index in [0.29, 0.717) is 11.6 Å². The van der Waals surface area contributed by atoms with E-state index in [9.17, 15) is 4.79 Å². The number of carbonyl (C=O) groups excluding carboxylic acids is 1. The van der Waals surface area contributed by atoms with Crippen molar-refractivity contribution in [3.8, 4) is 0 Å². The summed E-state index contributed by atoms with van der Waals surface area (Å²) in [5.74, 6) is -0.405. The molecule has 5 nitrogen and oxygen atoms in total. The molecule has 0 radical (unpaired) electrons. The maximum Gasteiger partial charge on any atom is 0.251 e. The van der Waals surface area contributed by atoms with E-state index in [0.717, 1.165) is 32.5 Å². The lowest BCUT2D eigenvalue weighted by molar-refractivity contribution is 0.1000. The smallest absolute Gasteiger partial charge is 0.251 e. The number of piperidine rings is 1. The summed E-state index contributed by atoms with van der Waals surface area (Å²) >= 11 is 0. The Kier molecular flexibility index (Phi) is 3.24. The molecule has 0 aliphatic carbocycles. The zero-order valence-corrected chi connectivity index (χ0v) is 9.59. The third kappa shape index (κ3) is 2.24. The highest BCUT2D eigenvalue weighted by atomic mass is 16.1. The molecule has 1 aliphatic rings. The minimum absolute atomic E-state index is 0.405. The summed E-state index contributed by atoms with van der Waals surface area (Å²) in [4.78, 5) is 13.4. The average molecular weight is 222 g/mol. The molecule has 1 aliphatic heterocycles. The molecule has 88 valence electrons. The summed E-state index contributed by atoms with van der Waals surface area (Å²) in [7, 11) is 0. The van der Waals surface area contributed by atoms with Crippen LogP contribution in [0.25, 0.3) is 0 Å². The highest BCUT2D eigenvalue weighted by Gasteiger charge is 2.20. The Balaban J connectivity index is 2.00. The lowest BCUT2D eigenvalue weighted by Gasteiger charge is -2.31. The molecule has 16 heavy (non-hydrogen) atoms. The minimum atomic E-state index is -0.405. The van der Waals surface area contributed by atoms with Crippen molar-refractivity contribution >= 4 is 5.91 Å². The van der Waals surface area contributed by atoms with Gasteiger partial charge in [0.2, 0.25) is 0 Å². The largest absolute Gasteiger partial charge is 0.366 e. The average Bonchev–Trinajstić information content (AvgIpc) is 2.78. The second-order valence-corrected chi connectivity index (χ2v) is 4.24. The van der Waals surface area contributed by atoms with Crippen LogP contribution in [0.5, 0.6) is 0 Å². The summed E-state index contributed by atoms with van der Waals surface area (Å²) in [6.07, 6.45) is 5.49. The fourth-order valence-electron chi connectivity index (χ4n) is 2.17. The summed E-state index contributed by atoms with van der Waals surface area (Å²) in [6, 6.07) is 0.413. The van der Waals surface area contributed by atoms with Crippen LogP contribution in [-0.4, -0.2) is 40.2 Å². The molecule has 1 aromatic rings. The molecule has 0 bridgehead atoms. The number of nitrogens with two attached hydrogens (primary N) is 1. The molecule has 1 fully saturated rings. The molecule has 0 spiro atoms. The zero-order chi connectivity index (χ0) is 11.5. The minimum Gasteiger partial charge on any atom is -0.366 e. The number of rotatable bonds is 3. The zero-order valence-electron chi connectivity index (χ0n) is 9.59. The van der Waals surface area contributed by atoms with Crippen molar-refractivity contribution in [3.63, 3.8) is 0 Å². The van der Waals surface area contributed by atoms with Gasteiger partial charge in [0.05, 0.1) is 17.8 Å². The van der Waals surface area contributed by atoms with E-state index in [-0.39, 0.29) is 0 Å². The lowest BCUT2D eigenvalue weighted by atomic mass is 10.1. The molecule has 1 amide bonds. The number of aromatic nitrogens is 2. The molecule has 5 heteroatoms. The van der Waals surface area contributed by atoms with Gasteiger partial charge in [0, 0.05) is 19.3 Å². The number of likely N-dealkylation sites (tertiary alicyclic amines) is 1.